The standard InChI is InChI=1S/C14H16FNO2/c1-8-12(18-13(17)14(2,3)4)10-7-9(15)5-6-11(10)16-8/h5-7,16H,1-4H3. The number of ether oxygens (including phenoxy) is 1. The van der Waals surface area contributed by atoms with Crippen LogP contribution in [0.3, 0.4) is 0 Å². The molecule has 18 heavy (non-hydrogen) atoms. The highest BCUT2D eigenvalue weighted by Crippen LogP contribution is 2.31. The number of H-pyrrole nitrogens is 1. The van der Waals surface area contributed by atoms with E-state index in [-0.39, 0.29) is 11.8 Å². The van der Waals surface area contributed by atoms with Crippen molar-refractivity contribution >= 4 is 16.9 Å². The van der Waals surface area contributed by atoms with Crippen molar-refractivity contribution in [3.05, 3.63) is 29.7 Å². The van der Waals surface area contributed by atoms with Crippen LogP contribution in [0.2, 0.25) is 0 Å². The van der Waals surface area contributed by atoms with Gasteiger partial charge in [-0.3, -0.25) is 4.79 Å². The van der Waals surface area contributed by atoms with E-state index in [4.69, 9.17) is 4.74 Å². The van der Waals surface area contributed by atoms with E-state index in [0.717, 1.165) is 5.52 Å². The Morgan fingerprint density at radius 1 is 1.33 bits per heavy atom. The molecule has 0 saturated heterocycles. The molecule has 0 amide bonds. The predicted octanol–water partition coefficient (Wildman–Crippen LogP) is 3.57. The largest absolute Gasteiger partial charge is 0.424 e. The van der Waals surface area contributed by atoms with Gasteiger partial charge < -0.3 is 9.72 Å². The third-order valence-corrected chi connectivity index (χ3v) is 2.70. The lowest BCUT2D eigenvalue weighted by Gasteiger charge is -2.16. The zero-order valence-electron chi connectivity index (χ0n) is 10.9. The molecule has 0 bridgehead atoms. The zero-order valence-corrected chi connectivity index (χ0v) is 10.9. The van der Waals surface area contributed by atoms with Crippen molar-refractivity contribution in [1.29, 1.82) is 0 Å². The van der Waals surface area contributed by atoms with Crippen molar-refractivity contribution in [3.63, 3.8) is 0 Å². The summed E-state index contributed by atoms with van der Waals surface area (Å²) in [4.78, 5) is 15.0. The lowest BCUT2D eigenvalue weighted by Crippen LogP contribution is -2.25. The maximum Gasteiger partial charge on any atom is 0.316 e. The van der Waals surface area contributed by atoms with Gasteiger partial charge in [0.1, 0.15) is 5.82 Å². The second kappa shape index (κ2) is 4.12. The quantitative estimate of drug-likeness (QED) is 0.785. The third-order valence-electron chi connectivity index (χ3n) is 2.70. The number of carbonyl (C=O) groups excluding carboxylic acids is 1. The maximum absolute atomic E-state index is 13.2. The summed E-state index contributed by atoms with van der Waals surface area (Å²) >= 11 is 0. The molecule has 0 saturated carbocycles. The Morgan fingerprint density at radius 3 is 2.61 bits per heavy atom. The molecule has 1 N–H and O–H groups in total. The highest BCUT2D eigenvalue weighted by atomic mass is 19.1. The van der Waals surface area contributed by atoms with Gasteiger partial charge in [0, 0.05) is 10.9 Å². The number of aryl methyl sites for hydroxylation is 1. The average Bonchev–Trinajstić information content (AvgIpc) is 2.54. The first-order valence-electron chi connectivity index (χ1n) is 5.79. The first kappa shape index (κ1) is 12.6. The minimum absolute atomic E-state index is 0.337. The number of hydrogen-bond donors (Lipinski definition) is 1. The van der Waals surface area contributed by atoms with E-state index in [1.54, 1.807) is 33.8 Å². The molecule has 1 aromatic heterocycles. The highest BCUT2D eigenvalue weighted by Gasteiger charge is 2.25. The van der Waals surface area contributed by atoms with Crippen LogP contribution in [0.25, 0.3) is 10.9 Å². The van der Waals surface area contributed by atoms with Crippen molar-refractivity contribution in [2.45, 2.75) is 27.7 Å². The average molecular weight is 249 g/mol. The highest BCUT2D eigenvalue weighted by molar-refractivity contribution is 5.91. The molecular weight excluding hydrogens is 233 g/mol. The lowest BCUT2D eigenvalue weighted by molar-refractivity contribution is -0.142. The number of hydrogen-bond acceptors (Lipinski definition) is 2. The molecule has 0 aliphatic heterocycles. The zero-order chi connectivity index (χ0) is 13.5. The Labute approximate surface area is 105 Å². The van der Waals surface area contributed by atoms with Gasteiger partial charge in [-0.2, -0.15) is 0 Å². The molecule has 0 atom stereocenters. The molecule has 0 aliphatic rings. The number of fused-ring (bicyclic) bond motifs is 1. The fourth-order valence-corrected chi connectivity index (χ4v) is 1.65. The Morgan fingerprint density at radius 2 is 2.00 bits per heavy atom. The number of benzene rings is 1. The summed E-state index contributed by atoms with van der Waals surface area (Å²) in [5.41, 5.74) is 0.877. The third kappa shape index (κ3) is 2.23. The number of esters is 1. The van der Waals surface area contributed by atoms with Crippen LogP contribution in [-0.2, 0) is 4.79 Å². The fourth-order valence-electron chi connectivity index (χ4n) is 1.65. The fraction of sp³-hybridized carbons (Fsp3) is 0.357. The molecule has 0 spiro atoms. The van der Waals surface area contributed by atoms with Crippen LogP contribution in [0.15, 0.2) is 18.2 Å². The maximum atomic E-state index is 13.2. The molecule has 2 aromatic rings. The van der Waals surface area contributed by atoms with E-state index in [1.807, 2.05) is 0 Å². The van der Waals surface area contributed by atoms with Crippen LogP contribution in [-0.4, -0.2) is 11.0 Å². The van der Waals surface area contributed by atoms with E-state index in [0.29, 0.717) is 16.8 Å². The minimum atomic E-state index is -0.594. The number of aromatic nitrogens is 1. The molecular formula is C14H16FNO2. The van der Waals surface area contributed by atoms with Gasteiger partial charge in [-0.15, -0.1) is 0 Å². The van der Waals surface area contributed by atoms with Crippen molar-refractivity contribution < 1.29 is 13.9 Å². The summed E-state index contributed by atoms with van der Waals surface area (Å²) in [6.45, 7) is 7.13. The van der Waals surface area contributed by atoms with Crippen molar-refractivity contribution in [2.24, 2.45) is 5.41 Å². The van der Waals surface area contributed by atoms with Crippen LogP contribution in [0.5, 0.6) is 5.75 Å². The van der Waals surface area contributed by atoms with Gasteiger partial charge in [0.05, 0.1) is 11.1 Å². The van der Waals surface area contributed by atoms with Gasteiger partial charge in [0.2, 0.25) is 0 Å². The molecule has 0 radical (unpaired) electrons. The Kier molecular flexibility index (Phi) is 2.89. The monoisotopic (exact) mass is 249 g/mol. The van der Waals surface area contributed by atoms with Crippen LogP contribution in [0.1, 0.15) is 26.5 Å². The van der Waals surface area contributed by atoms with Crippen LogP contribution >= 0.6 is 0 Å². The second-order valence-corrected chi connectivity index (χ2v) is 5.41. The number of carbonyl (C=O) groups is 1. The minimum Gasteiger partial charge on any atom is -0.424 e. The topological polar surface area (TPSA) is 42.1 Å². The van der Waals surface area contributed by atoms with E-state index in [2.05, 4.69) is 4.98 Å². The molecule has 4 heteroatoms. The Bertz CT molecular complexity index is 608. The molecule has 0 fully saturated rings. The molecule has 2 rings (SSSR count). The summed E-state index contributed by atoms with van der Waals surface area (Å²) in [5.74, 6) is -0.283. The van der Waals surface area contributed by atoms with Gasteiger partial charge in [0.15, 0.2) is 5.75 Å². The Balaban J connectivity index is 2.47. The first-order chi connectivity index (χ1) is 8.29. The molecule has 3 nitrogen and oxygen atoms in total. The summed E-state index contributed by atoms with van der Waals surface area (Å²) in [6.07, 6.45) is 0. The van der Waals surface area contributed by atoms with Crippen molar-refractivity contribution in [2.75, 3.05) is 0 Å². The molecule has 0 aliphatic carbocycles. The number of halogens is 1. The SMILES string of the molecule is Cc1[nH]c2ccc(F)cc2c1OC(=O)C(C)(C)C. The summed E-state index contributed by atoms with van der Waals surface area (Å²) in [5, 5.41) is 0.588. The van der Waals surface area contributed by atoms with E-state index in [9.17, 15) is 9.18 Å². The number of rotatable bonds is 1. The van der Waals surface area contributed by atoms with Crippen molar-refractivity contribution in [3.8, 4) is 5.75 Å². The van der Waals surface area contributed by atoms with Gasteiger partial charge in [-0.25, -0.2) is 4.39 Å². The normalized spacial score (nSPS) is 11.8. The summed E-state index contributed by atoms with van der Waals surface area (Å²) < 4.78 is 18.6. The van der Waals surface area contributed by atoms with Crippen LogP contribution in [0, 0.1) is 18.2 Å². The molecule has 96 valence electrons. The molecule has 1 heterocycles. The number of nitrogens with one attached hydrogen (secondary N) is 1. The van der Waals surface area contributed by atoms with Crippen LogP contribution < -0.4 is 4.74 Å². The van der Waals surface area contributed by atoms with Gasteiger partial charge in [0.25, 0.3) is 0 Å². The smallest absolute Gasteiger partial charge is 0.316 e. The summed E-state index contributed by atoms with van der Waals surface area (Å²) in [6, 6.07) is 4.36. The van der Waals surface area contributed by atoms with Crippen LogP contribution in [0.4, 0.5) is 4.39 Å². The lowest BCUT2D eigenvalue weighted by atomic mass is 9.97. The van der Waals surface area contributed by atoms with Crippen molar-refractivity contribution in [1.82, 2.24) is 4.98 Å². The summed E-state index contributed by atoms with van der Waals surface area (Å²) in [7, 11) is 0. The Hall–Kier alpha value is -1.84. The van der Waals surface area contributed by atoms with Gasteiger partial charge in [-0.1, -0.05) is 0 Å². The van der Waals surface area contributed by atoms with Gasteiger partial charge >= 0.3 is 5.97 Å². The van der Waals surface area contributed by atoms with E-state index >= 15 is 0 Å². The molecule has 0 unspecified atom stereocenters. The predicted molar refractivity (Wildman–Crippen MR) is 68.1 cm³/mol. The number of aromatic amines is 1. The van der Waals surface area contributed by atoms with E-state index < -0.39 is 5.41 Å². The molecule has 1 aromatic carbocycles. The van der Waals surface area contributed by atoms with Gasteiger partial charge in [-0.05, 0) is 45.9 Å². The van der Waals surface area contributed by atoms with E-state index in [1.165, 1.54) is 12.1 Å². The first-order valence-corrected chi connectivity index (χ1v) is 5.79. The second-order valence-electron chi connectivity index (χ2n) is 5.41.